The predicted molar refractivity (Wildman–Crippen MR) is 80.3 cm³/mol. The van der Waals surface area contributed by atoms with Gasteiger partial charge in [0.1, 0.15) is 0 Å². The highest BCUT2D eigenvalue weighted by Crippen LogP contribution is 2.27. The summed E-state index contributed by atoms with van der Waals surface area (Å²) in [4.78, 5) is 24.0. The largest absolute Gasteiger partial charge is 0.478 e. The standard InChI is InChI=1S/C15H11N3O2S/c1-9-6-16-13(17-7-9)14-18-12(8-21-14)10-3-2-4-11(5-10)15(19)20/h2-8H,1H3,(H,19,20). The van der Waals surface area contributed by atoms with Gasteiger partial charge in [0.2, 0.25) is 0 Å². The van der Waals surface area contributed by atoms with E-state index >= 15 is 0 Å². The quantitative estimate of drug-likeness (QED) is 0.803. The molecule has 1 aromatic carbocycles. The zero-order valence-corrected chi connectivity index (χ0v) is 12.0. The lowest BCUT2D eigenvalue weighted by Gasteiger charge is -1.99. The van der Waals surface area contributed by atoms with Gasteiger partial charge in [-0.05, 0) is 24.6 Å². The van der Waals surface area contributed by atoms with Gasteiger partial charge in [-0.1, -0.05) is 12.1 Å². The molecule has 0 radical (unpaired) electrons. The van der Waals surface area contributed by atoms with E-state index in [1.807, 2.05) is 18.4 Å². The number of hydrogen-bond acceptors (Lipinski definition) is 5. The molecule has 0 bridgehead atoms. The Labute approximate surface area is 125 Å². The summed E-state index contributed by atoms with van der Waals surface area (Å²) in [6.07, 6.45) is 3.49. The van der Waals surface area contributed by atoms with Gasteiger partial charge < -0.3 is 5.11 Å². The van der Waals surface area contributed by atoms with Gasteiger partial charge in [-0.3, -0.25) is 0 Å². The molecule has 5 nitrogen and oxygen atoms in total. The Morgan fingerprint density at radius 3 is 2.71 bits per heavy atom. The van der Waals surface area contributed by atoms with Crippen LogP contribution in [0, 0.1) is 6.92 Å². The second kappa shape index (κ2) is 5.41. The van der Waals surface area contributed by atoms with Crippen LogP contribution in [0.4, 0.5) is 0 Å². The van der Waals surface area contributed by atoms with Crippen LogP contribution in [0.1, 0.15) is 15.9 Å². The highest BCUT2D eigenvalue weighted by atomic mass is 32.1. The first kappa shape index (κ1) is 13.4. The molecule has 2 aromatic heterocycles. The lowest BCUT2D eigenvalue weighted by atomic mass is 10.1. The molecule has 0 fully saturated rings. The van der Waals surface area contributed by atoms with Crippen LogP contribution in [0.2, 0.25) is 0 Å². The third-order valence-corrected chi connectivity index (χ3v) is 3.72. The maximum absolute atomic E-state index is 11.0. The molecule has 0 unspecified atom stereocenters. The van der Waals surface area contributed by atoms with Gasteiger partial charge in [-0.2, -0.15) is 0 Å². The third kappa shape index (κ3) is 2.80. The fourth-order valence-electron chi connectivity index (χ4n) is 1.82. The molecular weight excluding hydrogens is 286 g/mol. The van der Waals surface area contributed by atoms with Crippen molar-refractivity contribution in [1.82, 2.24) is 15.0 Å². The van der Waals surface area contributed by atoms with Crippen LogP contribution in [0.15, 0.2) is 42.0 Å². The Hall–Kier alpha value is -2.60. The minimum atomic E-state index is -0.950. The van der Waals surface area contributed by atoms with E-state index in [0.717, 1.165) is 16.8 Å². The van der Waals surface area contributed by atoms with Crippen molar-refractivity contribution in [1.29, 1.82) is 0 Å². The molecule has 0 spiro atoms. The molecule has 0 aliphatic carbocycles. The summed E-state index contributed by atoms with van der Waals surface area (Å²) in [6.45, 7) is 1.93. The van der Waals surface area contributed by atoms with E-state index in [1.54, 1.807) is 30.6 Å². The zero-order valence-electron chi connectivity index (χ0n) is 11.1. The number of nitrogens with zero attached hydrogens (tertiary/aromatic N) is 3. The fourth-order valence-corrected chi connectivity index (χ4v) is 2.60. The molecule has 0 saturated carbocycles. The topological polar surface area (TPSA) is 76.0 Å². The third-order valence-electron chi connectivity index (χ3n) is 2.88. The summed E-state index contributed by atoms with van der Waals surface area (Å²) in [5.41, 5.74) is 2.73. The van der Waals surface area contributed by atoms with Gasteiger partial charge in [0.15, 0.2) is 10.8 Å². The van der Waals surface area contributed by atoms with Crippen molar-refractivity contribution in [3.63, 3.8) is 0 Å². The van der Waals surface area contributed by atoms with Crippen LogP contribution in [0.25, 0.3) is 22.1 Å². The smallest absolute Gasteiger partial charge is 0.335 e. The highest BCUT2D eigenvalue weighted by Gasteiger charge is 2.10. The first-order chi connectivity index (χ1) is 10.1. The Bertz CT molecular complexity index is 797. The summed E-state index contributed by atoms with van der Waals surface area (Å²) < 4.78 is 0. The van der Waals surface area contributed by atoms with E-state index < -0.39 is 5.97 Å². The lowest BCUT2D eigenvalue weighted by Crippen LogP contribution is -1.95. The van der Waals surface area contributed by atoms with Crippen molar-refractivity contribution < 1.29 is 9.90 Å². The van der Waals surface area contributed by atoms with Gasteiger partial charge in [-0.15, -0.1) is 11.3 Å². The van der Waals surface area contributed by atoms with E-state index in [1.165, 1.54) is 11.3 Å². The summed E-state index contributed by atoms with van der Waals surface area (Å²) in [6, 6.07) is 6.71. The molecule has 104 valence electrons. The number of thiazole rings is 1. The van der Waals surface area contributed by atoms with Crippen LogP contribution < -0.4 is 0 Å². The van der Waals surface area contributed by atoms with Crippen molar-refractivity contribution >= 4 is 17.3 Å². The summed E-state index contributed by atoms with van der Waals surface area (Å²) in [7, 11) is 0. The average Bonchev–Trinajstić information content (AvgIpc) is 2.98. The van der Waals surface area contributed by atoms with Gasteiger partial charge >= 0.3 is 5.97 Å². The molecule has 0 atom stereocenters. The van der Waals surface area contributed by atoms with Crippen molar-refractivity contribution in [2.45, 2.75) is 6.92 Å². The molecule has 1 N–H and O–H groups in total. The summed E-state index contributed by atoms with van der Waals surface area (Å²) in [5.74, 6) is -0.375. The fraction of sp³-hybridized carbons (Fsp3) is 0.0667. The molecular formula is C15H11N3O2S. The van der Waals surface area contributed by atoms with E-state index in [0.29, 0.717) is 10.8 Å². The predicted octanol–water partition coefficient (Wildman–Crippen LogP) is 3.27. The molecule has 0 aliphatic heterocycles. The zero-order chi connectivity index (χ0) is 14.8. The highest BCUT2D eigenvalue weighted by molar-refractivity contribution is 7.13. The Morgan fingerprint density at radius 1 is 1.24 bits per heavy atom. The maximum atomic E-state index is 11.0. The van der Waals surface area contributed by atoms with Gasteiger partial charge in [0, 0.05) is 23.3 Å². The minimum absolute atomic E-state index is 0.244. The number of carbonyl (C=O) groups is 1. The van der Waals surface area contributed by atoms with Crippen LogP contribution in [-0.2, 0) is 0 Å². The van der Waals surface area contributed by atoms with Crippen LogP contribution in [0.3, 0.4) is 0 Å². The number of aryl methyl sites for hydroxylation is 1. The molecule has 21 heavy (non-hydrogen) atoms. The van der Waals surface area contributed by atoms with Gasteiger partial charge in [0.25, 0.3) is 0 Å². The molecule has 3 aromatic rings. The average molecular weight is 297 g/mol. The Morgan fingerprint density at radius 2 is 2.00 bits per heavy atom. The normalized spacial score (nSPS) is 10.5. The number of carboxylic acids is 1. The first-order valence-corrected chi connectivity index (χ1v) is 7.10. The Kier molecular flexibility index (Phi) is 3.45. The number of aromatic carboxylic acids is 1. The second-order valence-corrected chi connectivity index (χ2v) is 5.37. The lowest BCUT2D eigenvalue weighted by molar-refractivity contribution is 0.0697. The number of aromatic nitrogens is 3. The molecule has 0 amide bonds. The van der Waals surface area contributed by atoms with E-state index in [4.69, 9.17) is 5.11 Å². The first-order valence-electron chi connectivity index (χ1n) is 6.22. The van der Waals surface area contributed by atoms with E-state index in [-0.39, 0.29) is 5.56 Å². The van der Waals surface area contributed by atoms with Crippen molar-refractivity contribution in [3.8, 4) is 22.1 Å². The summed E-state index contributed by atoms with van der Waals surface area (Å²) >= 11 is 1.43. The molecule has 3 rings (SSSR count). The van der Waals surface area contributed by atoms with Crippen LogP contribution in [-0.4, -0.2) is 26.0 Å². The molecule has 0 saturated heterocycles. The number of rotatable bonds is 3. The monoisotopic (exact) mass is 297 g/mol. The van der Waals surface area contributed by atoms with Crippen molar-refractivity contribution in [2.75, 3.05) is 0 Å². The van der Waals surface area contributed by atoms with Crippen LogP contribution >= 0.6 is 11.3 Å². The van der Waals surface area contributed by atoms with Gasteiger partial charge in [0.05, 0.1) is 11.3 Å². The SMILES string of the molecule is Cc1cnc(-c2nc(-c3cccc(C(=O)O)c3)cs2)nc1. The second-order valence-electron chi connectivity index (χ2n) is 4.51. The van der Waals surface area contributed by atoms with Crippen molar-refractivity contribution in [3.05, 3.63) is 53.2 Å². The molecule has 0 aliphatic rings. The number of carboxylic acid groups (broad SMARTS) is 1. The molecule has 6 heteroatoms. The maximum Gasteiger partial charge on any atom is 0.335 e. The van der Waals surface area contributed by atoms with Gasteiger partial charge in [-0.25, -0.2) is 19.7 Å². The number of hydrogen-bond donors (Lipinski definition) is 1. The molecule has 2 heterocycles. The van der Waals surface area contributed by atoms with Crippen LogP contribution in [0.5, 0.6) is 0 Å². The van der Waals surface area contributed by atoms with E-state index in [2.05, 4.69) is 15.0 Å². The van der Waals surface area contributed by atoms with E-state index in [9.17, 15) is 4.79 Å². The Balaban J connectivity index is 1.96. The summed E-state index contributed by atoms with van der Waals surface area (Å²) in [5, 5.41) is 11.6. The van der Waals surface area contributed by atoms with Crippen molar-refractivity contribution in [2.24, 2.45) is 0 Å². The number of benzene rings is 1. The minimum Gasteiger partial charge on any atom is -0.478 e.